The zero-order valence-electron chi connectivity index (χ0n) is 11.6. The fourth-order valence-corrected chi connectivity index (χ4v) is 5.44. The van der Waals surface area contributed by atoms with Crippen molar-refractivity contribution >= 4 is 21.6 Å². The van der Waals surface area contributed by atoms with Crippen LogP contribution in [0.2, 0.25) is 0 Å². The van der Waals surface area contributed by atoms with E-state index in [0.717, 1.165) is 0 Å². The van der Waals surface area contributed by atoms with E-state index in [1.54, 1.807) is 0 Å². The van der Waals surface area contributed by atoms with E-state index >= 15 is 0 Å². The maximum absolute atomic E-state index is 2.34. The molecular formula is C16H22S2. The van der Waals surface area contributed by atoms with Gasteiger partial charge in [-0.2, -0.15) is 0 Å². The van der Waals surface area contributed by atoms with Gasteiger partial charge in [-0.15, -0.1) is 0 Å². The first-order valence-corrected chi connectivity index (χ1v) is 8.70. The maximum Gasteiger partial charge on any atom is 0.0477 e. The van der Waals surface area contributed by atoms with Gasteiger partial charge in [0.2, 0.25) is 0 Å². The molecule has 0 spiro atoms. The monoisotopic (exact) mass is 278 g/mol. The van der Waals surface area contributed by atoms with Crippen LogP contribution in [0.5, 0.6) is 0 Å². The van der Waals surface area contributed by atoms with Gasteiger partial charge in [0.25, 0.3) is 0 Å². The number of rotatable bonds is 3. The van der Waals surface area contributed by atoms with Gasteiger partial charge in [0.1, 0.15) is 0 Å². The van der Waals surface area contributed by atoms with Gasteiger partial charge in [0.15, 0.2) is 0 Å². The fourth-order valence-electron chi connectivity index (χ4n) is 2.03. The molecule has 0 radical (unpaired) electrons. The SMILES string of the molecule is CC1C=CC=CC1(C)SSC1(C)C=CC=CC1C. The summed E-state index contributed by atoms with van der Waals surface area (Å²) in [6.07, 6.45) is 18.0. The lowest BCUT2D eigenvalue weighted by molar-refractivity contribution is 0.597. The summed E-state index contributed by atoms with van der Waals surface area (Å²) in [4.78, 5) is 0. The Bertz CT molecular complexity index is 379. The lowest BCUT2D eigenvalue weighted by atomic mass is 9.91. The van der Waals surface area contributed by atoms with Crippen molar-refractivity contribution in [1.29, 1.82) is 0 Å². The molecule has 18 heavy (non-hydrogen) atoms. The molecule has 2 aliphatic rings. The van der Waals surface area contributed by atoms with Gasteiger partial charge >= 0.3 is 0 Å². The van der Waals surface area contributed by atoms with Crippen LogP contribution >= 0.6 is 21.6 Å². The van der Waals surface area contributed by atoms with E-state index in [4.69, 9.17) is 0 Å². The molecule has 0 nitrogen and oxygen atoms in total. The second-order valence-corrected chi connectivity index (χ2v) is 8.69. The Morgan fingerprint density at radius 1 is 0.722 bits per heavy atom. The summed E-state index contributed by atoms with van der Waals surface area (Å²) in [7, 11) is 4.02. The second-order valence-electron chi connectivity index (χ2n) is 5.60. The van der Waals surface area contributed by atoms with Crippen LogP contribution in [-0.2, 0) is 0 Å². The minimum Gasteiger partial charge on any atom is -0.0819 e. The summed E-state index contributed by atoms with van der Waals surface area (Å²) < 4.78 is 0.411. The third-order valence-electron chi connectivity index (χ3n) is 4.09. The van der Waals surface area contributed by atoms with Crippen LogP contribution in [0, 0.1) is 11.8 Å². The Kier molecular flexibility index (Phi) is 4.18. The Morgan fingerprint density at radius 2 is 1.11 bits per heavy atom. The minimum atomic E-state index is 0.206. The molecule has 0 fully saturated rings. The van der Waals surface area contributed by atoms with Gasteiger partial charge in [-0.05, 0) is 25.7 Å². The summed E-state index contributed by atoms with van der Waals surface area (Å²) in [6, 6.07) is 0. The van der Waals surface area contributed by atoms with Gasteiger partial charge in [-0.1, -0.05) is 84.0 Å². The molecule has 0 aromatic carbocycles. The predicted molar refractivity (Wildman–Crippen MR) is 86.9 cm³/mol. The Hall–Kier alpha value is -0.340. The zero-order valence-corrected chi connectivity index (χ0v) is 13.2. The highest BCUT2D eigenvalue weighted by atomic mass is 33.1. The summed E-state index contributed by atoms with van der Waals surface area (Å²) in [5, 5.41) is 0. The van der Waals surface area contributed by atoms with Crippen molar-refractivity contribution in [2.24, 2.45) is 11.8 Å². The summed E-state index contributed by atoms with van der Waals surface area (Å²) >= 11 is 0. The third kappa shape index (κ3) is 2.80. The highest BCUT2D eigenvalue weighted by molar-refractivity contribution is 8.77. The molecule has 0 amide bonds. The van der Waals surface area contributed by atoms with Crippen LogP contribution in [0.15, 0.2) is 48.6 Å². The molecule has 0 N–H and O–H groups in total. The second kappa shape index (κ2) is 5.34. The quantitative estimate of drug-likeness (QED) is 0.633. The highest BCUT2D eigenvalue weighted by Crippen LogP contribution is 2.52. The van der Waals surface area contributed by atoms with Crippen LogP contribution in [0.4, 0.5) is 0 Å². The van der Waals surface area contributed by atoms with Crippen molar-refractivity contribution < 1.29 is 0 Å². The smallest absolute Gasteiger partial charge is 0.0477 e. The Labute approximate surface area is 119 Å². The molecule has 2 rings (SSSR count). The molecule has 4 unspecified atom stereocenters. The van der Waals surface area contributed by atoms with Gasteiger partial charge in [0.05, 0.1) is 0 Å². The van der Waals surface area contributed by atoms with Gasteiger partial charge in [-0.3, -0.25) is 0 Å². The van der Waals surface area contributed by atoms with E-state index in [2.05, 4.69) is 76.3 Å². The lowest BCUT2D eigenvalue weighted by Gasteiger charge is -2.38. The number of allylic oxidation sites excluding steroid dienone is 6. The fraction of sp³-hybridized carbons (Fsp3) is 0.500. The van der Waals surface area contributed by atoms with Crippen molar-refractivity contribution in [3.8, 4) is 0 Å². The first-order valence-electron chi connectivity index (χ1n) is 6.55. The van der Waals surface area contributed by atoms with Crippen LogP contribution in [0.3, 0.4) is 0 Å². The van der Waals surface area contributed by atoms with E-state index in [-0.39, 0.29) is 9.49 Å². The average Bonchev–Trinajstić information content (AvgIpc) is 2.35. The van der Waals surface area contributed by atoms with E-state index in [1.807, 2.05) is 21.6 Å². The summed E-state index contributed by atoms with van der Waals surface area (Å²) in [6.45, 7) is 9.28. The van der Waals surface area contributed by atoms with Crippen molar-refractivity contribution in [3.05, 3.63) is 48.6 Å². The van der Waals surface area contributed by atoms with Gasteiger partial charge in [0, 0.05) is 9.49 Å². The maximum atomic E-state index is 2.34. The van der Waals surface area contributed by atoms with Crippen molar-refractivity contribution in [2.75, 3.05) is 0 Å². The summed E-state index contributed by atoms with van der Waals surface area (Å²) in [5.74, 6) is 1.17. The van der Waals surface area contributed by atoms with E-state index < -0.39 is 0 Å². The van der Waals surface area contributed by atoms with E-state index in [9.17, 15) is 0 Å². The van der Waals surface area contributed by atoms with E-state index in [1.165, 1.54) is 0 Å². The third-order valence-corrected chi connectivity index (χ3v) is 8.31. The molecule has 0 aromatic heterocycles. The molecule has 2 heteroatoms. The molecule has 0 aliphatic heterocycles. The van der Waals surface area contributed by atoms with Crippen LogP contribution in [0.25, 0.3) is 0 Å². The molecule has 0 heterocycles. The number of hydrogen-bond acceptors (Lipinski definition) is 2. The standard InChI is InChI=1S/C16H22S2/c1-13-9-5-7-11-15(13,3)17-18-16(4)12-8-6-10-14(16)2/h5-14H,1-4H3. The molecule has 2 aliphatic carbocycles. The number of hydrogen-bond donors (Lipinski definition) is 0. The van der Waals surface area contributed by atoms with Crippen molar-refractivity contribution in [1.82, 2.24) is 0 Å². The average molecular weight is 278 g/mol. The molecule has 0 saturated carbocycles. The zero-order chi connectivity index (χ0) is 13.2. The molecule has 0 saturated heterocycles. The highest BCUT2D eigenvalue weighted by Gasteiger charge is 2.35. The van der Waals surface area contributed by atoms with Gasteiger partial charge in [-0.25, -0.2) is 0 Å². The van der Waals surface area contributed by atoms with E-state index in [0.29, 0.717) is 11.8 Å². The predicted octanol–water partition coefficient (Wildman–Crippen LogP) is 5.41. The topological polar surface area (TPSA) is 0 Å². The Balaban J connectivity index is 2.03. The summed E-state index contributed by atoms with van der Waals surface area (Å²) in [5.41, 5.74) is 0. The lowest BCUT2D eigenvalue weighted by Crippen LogP contribution is -2.30. The van der Waals surface area contributed by atoms with Crippen LogP contribution < -0.4 is 0 Å². The Morgan fingerprint density at radius 3 is 1.44 bits per heavy atom. The molecule has 98 valence electrons. The molecular weight excluding hydrogens is 256 g/mol. The normalized spacial score (nSPS) is 42.4. The first-order chi connectivity index (χ1) is 8.46. The molecule has 0 bridgehead atoms. The first kappa shape index (κ1) is 14.1. The minimum absolute atomic E-state index is 0.206. The molecule has 4 atom stereocenters. The molecule has 0 aromatic rings. The van der Waals surface area contributed by atoms with Crippen LogP contribution in [-0.4, -0.2) is 9.49 Å². The van der Waals surface area contributed by atoms with Crippen LogP contribution in [0.1, 0.15) is 27.7 Å². The van der Waals surface area contributed by atoms with Crippen molar-refractivity contribution in [2.45, 2.75) is 37.2 Å². The van der Waals surface area contributed by atoms with Gasteiger partial charge < -0.3 is 0 Å². The largest absolute Gasteiger partial charge is 0.0819 e. The van der Waals surface area contributed by atoms with Crippen molar-refractivity contribution in [3.63, 3.8) is 0 Å².